The fraction of sp³-hybridized carbons (Fsp3) is 0.440. The minimum Gasteiger partial charge on any atom is -0.352 e. The number of para-hydroxylation sites is 2. The number of carbonyl (C=O) groups excluding carboxylic acids is 2. The zero-order valence-corrected chi connectivity index (χ0v) is 18.5. The first-order chi connectivity index (χ1) is 15.7. The van der Waals surface area contributed by atoms with E-state index in [4.69, 9.17) is 4.98 Å². The van der Waals surface area contributed by atoms with Gasteiger partial charge >= 0.3 is 0 Å². The first kappa shape index (κ1) is 22.0. The van der Waals surface area contributed by atoms with Crippen LogP contribution in [0.4, 0.5) is 0 Å². The van der Waals surface area contributed by atoms with Gasteiger partial charge in [0.15, 0.2) is 0 Å². The summed E-state index contributed by atoms with van der Waals surface area (Å²) in [7, 11) is 0. The summed E-state index contributed by atoms with van der Waals surface area (Å²) < 4.78 is 2.17. The Morgan fingerprint density at radius 3 is 2.59 bits per heavy atom. The summed E-state index contributed by atoms with van der Waals surface area (Å²) in [5.41, 5.74) is 2.57. The van der Waals surface area contributed by atoms with Gasteiger partial charge in [-0.05, 0) is 43.5 Å². The van der Waals surface area contributed by atoms with Crippen molar-refractivity contribution in [3.63, 3.8) is 0 Å². The van der Waals surface area contributed by atoms with Crippen LogP contribution in [0.3, 0.4) is 0 Å². The molecule has 4 rings (SSSR count). The third-order valence-electron chi connectivity index (χ3n) is 6.03. The van der Waals surface area contributed by atoms with Crippen LogP contribution < -0.4 is 5.32 Å². The number of nitrogens with one attached hydrogen (secondary N) is 1. The van der Waals surface area contributed by atoms with Gasteiger partial charge in [0.1, 0.15) is 5.82 Å². The van der Waals surface area contributed by atoms with Crippen LogP contribution in [-0.2, 0) is 17.8 Å². The number of amides is 2. The second kappa shape index (κ2) is 10.9. The number of imidazole rings is 1. The lowest BCUT2D eigenvalue weighted by Crippen LogP contribution is -2.32. The minimum absolute atomic E-state index is 0.116. The Balaban J connectivity index is 1.36. The largest absolute Gasteiger partial charge is 0.352 e. The first-order valence-corrected chi connectivity index (χ1v) is 11.6. The Kier molecular flexibility index (Phi) is 7.48. The van der Waals surface area contributed by atoms with E-state index < -0.39 is 0 Å². The molecule has 1 saturated heterocycles. The molecule has 0 bridgehead atoms. The van der Waals surface area contributed by atoms with E-state index >= 15 is 0 Å². The predicted octanol–water partition coefficient (Wildman–Crippen LogP) is 3.59. The highest BCUT2D eigenvalue weighted by Gasteiger charge is 2.17. The van der Waals surface area contributed by atoms with Crippen LogP contribution in [0.5, 0.6) is 0 Å². The summed E-state index contributed by atoms with van der Waals surface area (Å²) in [6.07, 6.45) is 9.87. The van der Waals surface area contributed by atoms with Gasteiger partial charge in [-0.15, -0.1) is 0 Å². The number of fused-ring (bicyclic) bond motifs is 1. The number of carbonyl (C=O) groups is 2. The third kappa shape index (κ3) is 5.52. The molecular weight excluding hydrogens is 402 g/mol. The number of aryl methyl sites for hydroxylation is 2. The topological polar surface area (TPSA) is 80.1 Å². The number of rotatable bonds is 8. The summed E-state index contributed by atoms with van der Waals surface area (Å²) in [6, 6.07) is 11.6. The summed E-state index contributed by atoms with van der Waals surface area (Å²) in [4.78, 5) is 35.8. The second-order valence-electron chi connectivity index (χ2n) is 8.31. The lowest BCUT2D eigenvalue weighted by Gasteiger charge is -2.20. The van der Waals surface area contributed by atoms with Crippen LogP contribution in [0, 0.1) is 0 Å². The van der Waals surface area contributed by atoms with Crippen molar-refractivity contribution >= 4 is 22.8 Å². The molecular formula is C25H31N5O2. The summed E-state index contributed by atoms with van der Waals surface area (Å²) in [5.74, 6) is 1.08. The van der Waals surface area contributed by atoms with Gasteiger partial charge in [0.2, 0.25) is 5.91 Å². The van der Waals surface area contributed by atoms with Gasteiger partial charge in [0, 0.05) is 51.4 Å². The smallest absolute Gasteiger partial charge is 0.252 e. The molecule has 1 aromatic carbocycles. The molecule has 0 spiro atoms. The highest BCUT2D eigenvalue weighted by atomic mass is 16.2. The van der Waals surface area contributed by atoms with E-state index in [-0.39, 0.29) is 11.8 Å². The maximum absolute atomic E-state index is 12.8. The number of aromatic nitrogens is 3. The van der Waals surface area contributed by atoms with Gasteiger partial charge in [-0.1, -0.05) is 25.0 Å². The monoisotopic (exact) mass is 433 g/mol. The van der Waals surface area contributed by atoms with Crippen molar-refractivity contribution in [2.45, 2.75) is 51.5 Å². The summed E-state index contributed by atoms with van der Waals surface area (Å²) in [5, 5.41) is 2.94. The molecule has 2 aromatic heterocycles. The van der Waals surface area contributed by atoms with E-state index in [0.717, 1.165) is 55.6 Å². The van der Waals surface area contributed by atoms with Crippen LogP contribution >= 0.6 is 0 Å². The molecule has 32 heavy (non-hydrogen) atoms. The van der Waals surface area contributed by atoms with Gasteiger partial charge in [-0.2, -0.15) is 0 Å². The molecule has 0 aliphatic carbocycles. The standard InChI is InChI=1S/C25H31N5O2/c31-24(29-16-5-1-2-6-17-29)13-18-30-22-11-4-3-10-21(22)28-23(30)12-8-15-27-25(32)20-9-7-14-26-19-20/h3-4,7,9-11,14,19H,1-2,5-6,8,12-13,15-18H2,(H,27,32). The van der Waals surface area contributed by atoms with Crippen molar-refractivity contribution in [1.82, 2.24) is 24.8 Å². The summed E-state index contributed by atoms with van der Waals surface area (Å²) >= 11 is 0. The van der Waals surface area contributed by atoms with Crippen LogP contribution in [-0.4, -0.2) is 50.9 Å². The van der Waals surface area contributed by atoms with Crippen molar-refractivity contribution in [2.24, 2.45) is 0 Å². The van der Waals surface area contributed by atoms with Crippen LogP contribution in [0.1, 0.15) is 54.7 Å². The quantitative estimate of drug-likeness (QED) is 0.551. The Morgan fingerprint density at radius 1 is 1.00 bits per heavy atom. The lowest BCUT2D eigenvalue weighted by atomic mass is 10.2. The Labute approximate surface area is 188 Å². The number of hydrogen-bond donors (Lipinski definition) is 1. The number of benzene rings is 1. The van der Waals surface area contributed by atoms with Crippen molar-refractivity contribution in [2.75, 3.05) is 19.6 Å². The zero-order chi connectivity index (χ0) is 22.2. The minimum atomic E-state index is -0.116. The van der Waals surface area contributed by atoms with Crippen molar-refractivity contribution in [3.05, 3.63) is 60.2 Å². The molecule has 1 aliphatic heterocycles. The van der Waals surface area contributed by atoms with Crippen molar-refractivity contribution in [3.8, 4) is 0 Å². The molecule has 7 nitrogen and oxygen atoms in total. The molecule has 0 saturated carbocycles. The Morgan fingerprint density at radius 2 is 1.81 bits per heavy atom. The fourth-order valence-corrected chi connectivity index (χ4v) is 4.30. The molecule has 0 atom stereocenters. The number of nitrogens with zero attached hydrogens (tertiary/aromatic N) is 4. The van der Waals surface area contributed by atoms with Crippen molar-refractivity contribution < 1.29 is 9.59 Å². The Hall–Kier alpha value is -3.22. The molecule has 0 unspecified atom stereocenters. The molecule has 1 N–H and O–H groups in total. The maximum atomic E-state index is 12.8. The van der Waals surface area contributed by atoms with Gasteiger partial charge < -0.3 is 14.8 Å². The van der Waals surface area contributed by atoms with E-state index in [9.17, 15) is 9.59 Å². The highest BCUT2D eigenvalue weighted by Crippen LogP contribution is 2.19. The van der Waals surface area contributed by atoms with Crippen LogP contribution in [0.25, 0.3) is 11.0 Å². The van der Waals surface area contributed by atoms with E-state index in [1.54, 1.807) is 24.5 Å². The number of likely N-dealkylation sites (tertiary alicyclic amines) is 1. The van der Waals surface area contributed by atoms with E-state index in [1.165, 1.54) is 12.8 Å². The third-order valence-corrected chi connectivity index (χ3v) is 6.03. The number of hydrogen-bond acceptors (Lipinski definition) is 4. The van der Waals surface area contributed by atoms with Gasteiger partial charge in [0.25, 0.3) is 5.91 Å². The summed E-state index contributed by atoms with van der Waals surface area (Å²) in [6.45, 7) is 2.96. The van der Waals surface area contributed by atoms with Crippen LogP contribution in [0.15, 0.2) is 48.8 Å². The van der Waals surface area contributed by atoms with Crippen LogP contribution in [0.2, 0.25) is 0 Å². The molecule has 1 aliphatic rings. The molecule has 3 aromatic rings. The predicted molar refractivity (Wildman–Crippen MR) is 124 cm³/mol. The first-order valence-electron chi connectivity index (χ1n) is 11.6. The maximum Gasteiger partial charge on any atom is 0.252 e. The van der Waals surface area contributed by atoms with Crippen molar-refractivity contribution in [1.29, 1.82) is 0 Å². The van der Waals surface area contributed by atoms with Gasteiger partial charge in [0.05, 0.1) is 16.6 Å². The second-order valence-corrected chi connectivity index (χ2v) is 8.31. The molecule has 2 amide bonds. The molecule has 0 radical (unpaired) electrons. The highest BCUT2D eigenvalue weighted by molar-refractivity contribution is 5.93. The molecule has 7 heteroatoms. The molecule has 168 valence electrons. The van der Waals surface area contributed by atoms with Gasteiger partial charge in [-0.25, -0.2) is 4.98 Å². The molecule has 3 heterocycles. The SMILES string of the molecule is O=C(NCCCc1nc2ccccc2n1CCC(=O)N1CCCCCC1)c1cccnc1. The molecule has 1 fully saturated rings. The number of pyridine rings is 1. The van der Waals surface area contributed by atoms with E-state index in [0.29, 0.717) is 25.1 Å². The normalized spacial score (nSPS) is 14.3. The fourth-order valence-electron chi connectivity index (χ4n) is 4.30. The van der Waals surface area contributed by atoms with Gasteiger partial charge in [-0.3, -0.25) is 14.6 Å². The zero-order valence-electron chi connectivity index (χ0n) is 18.5. The lowest BCUT2D eigenvalue weighted by molar-refractivity contribution is -0.131. The average molecular weight is 434 g/mol. The van der Waals surface area contributed by atoms with E-state index in [2.05, 4.69) is 20.9 Å². The average Bonchev–Trinajstić information content (AvgIpc) is 2.98. The van der Waals surface area contributed by atoms with E-state index in [1.807, 2.05) is 23.1 Å². The Bertz CT molecular complexity index is 1040.